The molecule has 0 radical (unpaired) electrons. The van der Waals surface area contributed by atoms with Crippen molar-refractivity contribution >= 4 is 0 Å². The van der Waals surface area contributed by atoms with Crippen LogP contribution in [0.15, 0.2) is 48.7 Å². The highest BCUT2D eigenvalue weighted by Crippen LogP contribution is 2.18. The lowest BCUT2D eigenvalue weighted by Gasteiger charge is -2.05. The van der Waals surface area contributed by atoms with E-state index in [0.29, 0.717) is 12.4 Å². The van der Waals surface area contributed by atoms with Gasteiger partial charge in [-0.3, -0.25) is 0 Å². The van der Waals surface area contributed by atoms with E-state index in [1.54, 1.807) is 12.3 Å². The molecule has 4 nitrogen and oxygen atoms in total. The Morgan fingerprint density at radius 1 is 1.12 bits per heavy atom. The number of hydroxylamine groups is 1. The summed E-state index contributed by atoms with van der Waals surface area (Å²) in [5.74, 6) is 1.29. The quantitative estimate of drug-likeness (QED) is 0.770. The fourth-order valence-electron chi connectivity index (χ4n) is 1.29. The van der Waals surface area contributed by atoms with Crippen LogP contribution in [0.25, 0.3) is 0 Å². The Hall–Kier alpha value is -1.91. The average molecular weight is 216 g/mol. The summed E-state index contributed by atoms with van der Waals surface area (Å²) < 4.78 is 5.52. The van der Waals surface area contributed by atoms with Crippen molar-refractivity contribution in [2.24, 2.45) is 0 Å². The minimum Gasteiger partial charge on any atom is -0.439 e. The molecule has 1 aromatic heterocycles. The van der Waals surface area contributed by atoms with Gasteiger partial charge in [-0.25, -0.2) is 10.5 Å². The van der Waals surface area contributed by atoms with Gasteiger partial charge < -0.3 is 9.94 Å². The molecule has 0 aliphatic carbocycles. The van der Waals surface area contributed by atoms with Crippen molar-refractivity contribution in [1.29, 1.82) is 0 Å². The van der Waals surface area contributed by atoms with Crippen molar-refractivity contribution in [3.05, 3.63) is 54.2 Å². The molecule has 0 saturated heterocycles. The van der Waals surface area contributed by atoms with Gasteiger partial charge in [0, 0.05) is 18.8 Å². The molecule has 2 aromatic rings. The Morgan fingerprint density at radius 3 is 2.56 bits per heavy atom. The molecule has 16 heavy (non-hydrogen) atoms. The third-order valence-electron chi connectivity index (χ3n) is 2.07. The van der Waals surface area contributed by atoms with Gasteiger partial charge in [0.25, 0.3) is 0 Å². The molecule has 0 aliphatic heterocycles. The van der Waals surface area contributed by atoms with Crippen LogP contribution in [0.1, 0.15) is 5.56 Å². The van der Waals surface area contributed by atoms with Gasteiger partial charge in [-0.05, 0) is 23.8 Å². The summed E-state index contributed by atoms with van der Waals surface area (Å²) in [6.45, 7) is 0.421. The van der Waals surface area contributed by atoms with E-state index >= 15 is 0 Å². The Balaban J connectivity index is 2.05. The molecule has 0 amide bonds. The summed E-state index contributed by atoms with van der Waals surface area (Å²) in [6, 6.07) is 12.9. The van der Waals surface area contributed by atoms with E-state index in [4.69, 9.17) is 9.94 Å². The zero-order chi connectivity index (χ0) is 11.2. The van der Waals surface area contributed by atoms with E-state index in [0.717, 1.165) is 11.3 Å². The number of rotatable bonds is 4. The number of hydrogen-bond acceptors (Lipinski definition) is 4. The fourth-order valence-corrected chi connectivity index (χ4v) is 1.29. The number of benzene rings is 1. The molecule has 4 heteroatoms. The van der Waals surface area contributed by atoms with Crippen LogP contribution in [0, 0.1) is 0 Å². The molecule has 0 aliphatic rings. The zero-order valence-electron chi connectivity index (χ0n) is 8.63. The minimum absolute atomic E-state index is 0.421. The summed E-state index contributed by atoms with van der Waals surface area (Å²) in [5.41, 5.74) is 3.08. The first-order valence-corrected chi connectivity index (χ1v) is 4.93. The first-order chi connectivity index (χ1) is 7.88. The molecule has 0 saturated carbocycles. The van der Waals surface area contributed by atoms with Gasteiger partial charge in [0.15, 0.2) is 0 Å². The lowest BCUT2D eigenvalue weighted by molar-refractivity contribution is 0.161. The van der Waals surface area contributed by atoms with Gasteiger partial charge in [0.05, 0.1) is 0 Å². The standard InChI is InChI=1S/C12H12N2O2/c15-14-9-10-4-6-11(7-5-10)16-12-3-1-2-8-13-12/h1-8,14-15H,9H2. The van der Waals surface area contributed by atoms with E-state index in [-0.39, 0.29) is 0 Å². The van der Waals surface area contributed by atoms with Gasteiger partial charge in [-0.2, -0.15) is 0 Å². The highest BCUT2D eigenvalue weighted by Gasteiger charge is 1.97. The molecule has 0 atom stereocenters. The van der Waals surface area contributed by atoms with Gasteiger partial charge in [-0.15, -0.1) is 0 Å². The van der Waals surface area contributed by atoms with E-state index in [1.807, 2.05) is 36.4 Å². The Bertz CT molecular complexity index is 429. The first kappa shape index (κ1) is 10.6. The molecule has 0 spiro atoms. The lowest BCUT2D eigenvalue weighted by Crippen LogP contribution is -2.05. The molecule has 1 aromatic carbocycles. The summed E-state index contributed by atoms with van der Waals surface area (Å²) in [5, 5.41) is 8.53. The smallest absolute Gasteiger partial charge is 0.219 e. The van der Waals surface area contributed by atoms with Crippen molar-refractivity contribution < 1.29 is 9.94 Å². The number of ether oxygens (including phenoxy) is 1. The van der Waals surface area contributed by atoms with Gasteiger partial charge >= 0.3 is 0 Å². The maximum absolute atomic E-state index is 8.53. The third kappa shape index (κ3) is 2.79. The Kier molecular flexibility index (Phi) is 3.48. The monoisotopic (exact) mass is 216 g/mol. The second kappa shape index (κ2) is 5.25. The van der Waals surface area contributed by atoms with Crippen molar-refractivity contribution in [3.8, 4) is 11.6 Å². The summed E-state index contributed by atoms with van der Waals surface area (Å²) in [4.78, 5) is 4.06. The summed E-state index contributed by atoms with van der Waals surface area (Å²) in [6.07, 6.45) is 1.68. The maximum Gasteiger partial charge on any atom is 0.219 e. The van der Waals surface area contributed by atoms with E-state index < -0.39 is 0 Å². The number of aromatic nitrogens is 1. The van der Waals surface area contributed by atoms with Crippen LogP contribution in [0.3, 0.4) is 0 Å². The summed E-state index contributed by atoms with van der Waals surface area (Å²) >= 11 is 0. The number of hydrogen-bond donors (Lipinski definition) is 2. The Labute approximate surface area is 93.5 Å². The van der Waals surface area contributed by atoms with Gasteiger partial charge in [0.2, 0.25) is 5.88 Å². The normalized spacial score (nSPS) is 10.1. The molecule has 82 valence electrons. The third-order valence-corrected chi connectivity index (χ3v) is 2.07. The molecule has 2 rings (SSSR count). The van der Waals surface area contributed by atoms with Crippen molar-refractivity contribution in [2.75, 3.05) is 0 Å². The van der Waals surface area contributed by atoms with Crippen molar-refractivity contribution in [2.45, 2.75) is 6.54 Å². The Morgan fingerprint density at radius 2 is 1.94 bits per heavy atom. The van der Waals surface area contributed by atoms with Crippen LogP contribution in [0.5, 0.6) is 11.6 Å². The molecular formula is C12H12N2O2. The minimum atomic E-state index is 0.421. The average Bonchev–Trinajstić information content (AvgIpc) is 2.33. The predicted molar refractivity (Wildman–Crippen MR) is 59.4 cm³/mol. The molecule has 0 unspecified atom stereocenters. The largest absolute Gasteiger partial charge is 0.439 e. The predicted octanol–water partition coefficient (Wildman–Crippen LogP) is 2.35. The summed E-state index contributed by atoms with van der Waals surface area (Å²) in [7, 11) is 0. The van der Waals surface area contributed by atoms with Crippen LogP contribution < -0.4 is 10.2 Å². The topological polar surface area (TPSA) is 54.4 Å². The number of nitrogens with one attached hydrogen (secondary N) is 1. The van der Waals surface area contributed by atoms with Crippen LogP contribution in [-0.2, 0) is 6.54 Å². The van der Waals surface area contributed by atoms with Crippen LogP contribution >= 0.6 is 0 Å². The van der Waals surface area contributed by atoms with Crippen LogP contribution in [0.4, 0.5) is 0 Å². The van der Waals surface area contributed by atoms with E-state index in [9.17, 15) is 0 Å². The highest BCUT2D eigenvalue weighted by atomic mass is 16.5. The number of nitrogens with zero attached hydrogens (tertiary/aromatic N) is 1. The molecular weight excluding hydrogens is 204 g/mol. The van der Waals surface area contributed by atoms with E-state index in [2.05, 4.69) is 10.5 Å². The van der Waals surface area contributed by atoms with E-state index in [1.165, 1.54) is 0 Å². The highest BCUT2D eigenvalue weighted by molar-refractivity contribution is 5.30. The molecule has 0 fully saturated rings. The first-order valence-electron chi connectivity index (χ1n) is 4.93. The molecule has 2 N–H and O–H groups in total. The number of pyridine rings is 1. The van der Waals surface area contributed by atoms with Crippen molar-refractivity contribution in [3.63, 3.8) is 0 Å². The zero-order valence-corrected chi connectivity index (χ0v) is 8.63. The molecule has 1 heterocycles. The second-order valence-electron chi connectivity index (χ2n) is 3.25. The van der Waals surface area contributed by atoms with Gasteiger partial charge in [-0.1, -0.05) is 18.2 Å². The van der Waals surface area contributed by atoms with Gasteiger partial charge in [0.1, 0.15) is 5.75 Å². The fraction of sp³-hybridized carbons (Fsp3) is 0.0833. The second-order valence-corrected chi connectivity index (χ2v) is 3.25. The van der Waals surface area contributed by atoms with Crippen molar-refractivity contribution in [1.82, 2.24) is 10.5 Å². The lowest BCUT2D eigenvalue weighted by atomic mass is 10.2. The van der Waals surface area contributed by atoms with Crippen LogP contribution in [-0.4, -0.2) is 10.2 Å². The molecule has 0 bridgehead atoms. The van der Waals surface area contributed by atoms with Crippen LogP contribution in [0.2, 0.25) is 0 Å². The maximum atomic E-state index is 8.53. The SMILES string of the molecule is ONCc1ccc(Oc2ccccn2)cc1.